The lowest BCUT2D eigenvalue weighted by Crippen LogP contribution is -2.35. The van der Waals surface area contributed by atoms with E-state index in [4.69, 9.17) is 0 Å². The maximum absolute atomic E-state index is 12.7. The molecule has 19 heavy (non-hydrogen) atoms. The van der Waals surface area contributed by atoms with Gasteiger partial charge in [-0.1, -0.05) is 26.7 Å². The van der Waals surface area contributed by atoms with E-state index >= 15 is 0 Å². The second kappa shape index (κ2) is 5.35. The van der Waals surface area contributed by atoms with E-state index in [-0.39, 0.29) is 11.3 Å². The summed E-state index contributed by atoms with van der Waals surface area (Å²) in [4.78, 5) is 12.7. The molecule has 4 nitrogen and oxygen atoms in total. The molecule has 2 rings (SSSR count). The number of carbonyl (C=O) groups excluding carboxylic acids is 1. The molecule has 0 aliphatic heterocycles. The van der Waals surface area contributed by atoms with E-state index in [1.165, 1.54) is 12.8 Å². The minimum absolute atomic E-state index is 0.160. The number of hydrogen-bond acceptors (Lipinski definition) is 2. The van der Waals surface area contributed by atoms with Crippen molar-refractivity contribution >= 4 is 11.7 Å². The molecule has 1 amide bonds. The van der Waals surface area contributed by atoms with Gasteiger partial charge in [0.05, 0.1) is 0 Å². The van der Waals surface area contributed by atoms with Gasteiger partial charge in [0.25, 0.3) is 0 Å². The largest absolute Gasteiger partial charge is 0.309 e. The first-order chi connectivity index (χ1) is 8.94. The summed E-state index contributed by atoms with van der Waals surface area (Å²) in [5, 5.41) is 10.1. The average molecular weight is 263 g/mol. The zero-order valence-electron chi connectivity index (χ0n) is 12.5. The van der Waals surface area contributed by atoms with E-state index in [2.05, 4.69) is 29.4 Å². The minimum atomic E-state index is -0.173. The van der Waals surface area contributed by atoms with Gasteiger partial charge < -0.3 is 5.32 Å². The molecular weight excluding hydrogens is 238 g/mol. The second-order valence-electron chi connectivity index (χ2n) is 6.36. The molecule has 0 atom stereocenters. The number of aryl methyl sites for hydroxylation is 1. The van der Waals surface area contributed by atoms with Gasteiger partial charge in [-0.2, -0.15) is 5.10 Å². The van der Waals surface area contributed by atoms with Crippen molar-refractivity contribution in [2.75, 3.05) is 5.32 Å². The highest BCUT2D eigenvalue weighted by Gasteiger charge is 2.41. The molecule has 0 bridgehead atoms. The summed E-state index contributed by atoms with van der Waals surface area (Å²) in [5.74, 6) is 1.40. The molecule has 4 heteroatoms. The number of aromatic nitrogens is 2. The van der Waals surface area contributed by atoms with Crippen molar-refractivity contribution in [3.63, 3.8) is 0 Å². The number of nitrogens with zero attached hydrogens (tertiary/aromatic N) is 1. The molecule has 1 saturated carbocycles. The van der Waals surface area contributed by atoms with Gasteiger partial charge in [0.15, 0.2) is 5.82 Å². The van der Waals surface area contributed by atoms with Crippen LogP contribution in [0.1, 0.15) is 57.2 Å². The highest BCUT2D eigenvalue weighted by Crippen LogP contribution is 2.44. The molecule has 2 N–H and O–H groups in total. The molecule has 0 aromatic carbocycles. The highest BCUT2D eigenvalue weighted by atomic mass is 16.2. The van der Waals surface area contributed by atoms with Crippen LogP contribution in [0.5, 0.6) is 0 Å². The fourth-order valence-corrected chi connectivity index (χ4v) is 3.20. The maximum Gasteiger partial charge on any atom is 0.231 e. The summed E-state index contributed by atoms with van der Waals surface area (Å²) >= 11 is 0. The van der Waals surface area contributed by atoms with Gasteiger partial charge in [-0.05, 0) is 39.0 Å². The van der Waals surface area contributed by atoms with Crippen LogP contribution in [-0.2, 0) is 4.79 Å². The van der Waals surface area contributed by atoms with Crippen LogP contribution in [0.4, 0.5) is 5.82 Å². The van der Waals surface area contributed by atoms with E-state index in [1.54, 1.807) is 0 Å². The number of nitrogens with one attached hydrogen (secondary N) is 2. The van der Waals surface area contributed by atoms with E-state index in [0.29, 0.717) is 11.7 Å². The van der Waals surface area contributed by atoms with Crippen LogP contribution in [-0.4, -0.2) is 16.1 Å². The third-order valence-corrected chi connectivity index (χ3v) is 4.33. The van der Waals surface area contributed by atoms with Gasteiger partial charge in [0, 0.05) is 16.7 Å². The number of H-pyrrole nitrogens is 1. The van der Waals surface area contributed by atoms with Gasteiger partial charge in [-0.15, -0.1) is 0 Å². The Morgan fingerprint density at radius 2 is 2.00 bits per heavy atom. The summed E-state index contributed by atoms with van der Waals surface area (Å²) in [5.41, 5.74) is 1.87. The number of anilines is 1. The predicted molar refractivity (Wildman–Crippen MR) is 77.0 cm³/mol. The van der Waals surface area contributed by atoms with Crippen molar-refractivity contribution in [1.29, 1.82) is 0 Å². The van der Waals surface area contributed by atoms with Crippen molar-refractivity contribution in [2.24, 2.45) is 11.3 Å². The van der Waals surface area contributed by atoms with E-state index < -0.39 is 0 Å². The first kappa shape index (κ1) is 14.1. The molecule has 106 valence electrons. The first-order valence-corrected chi connectivity index (χ1v) is 7.27. The zero-order chi connectivity index (χ0) is 14.0. The quantitative estimate of drug-likeness (QED) is 0.872. The standard InChI is InChI=1S/C15H25N3O/c1-10(2)9-15(7-5-6-8-15)14(19)16-13-11(3)12(4)17-18-13/h10H,5-9H2,1-4H3,(H2,16,17,18,19). The van der Waals surface area contributed by atoms with Crippen molar-refractivity contribution < 1.29 is 4.79 Å². The number of rotatable bonds is 4. The molecular formula is C15H25N3O. The summed E-state index contributed by atoms with van der Waals surface area (Å²) in [6.07, 6.45) is 5.33. The lowest BCUT2D eigenvalue weighted by atomic mass is 9.77. The molecule has 0 radical (unpaired) electrons. The SMILES string of the molecule is Cc1[nH]nc(NC(=O)C2(CC(C)C)CCCC2)c1C. The van der Waals surface area contributed by atoms with Crippen LogP contribution in [0, 0.1) is 25.2 Å². The normalized spacial score (nSPS) is 17.9. The summed E-state index contributed by atoms with van der Waals surface area (Å²) in [6.45, 7) is 8.34. The van der Waals surface area contributed by atoms with Crippen LogP contribution in [0.25, 0.3) is 0 Å². The third-order valence-electron chi connectivity index (χ3n) is 4.33. The van der Waals surface area contributed by atoms with Gasteiger partial charge in [-0.25, -0.2) is 0 Å². The topological polar surface area (TPSA) is 57.8 Å². The Morgan fingerprint density at radius 1 is 1.37 bits per heavy atom. The van der Waals surface area contributed by atoms with Crippen LogP contribution >= 0.6 is 0 Å². The molecule has 1 fully saturated rings. The summed E-state index contributed by atoms with van der Waals surface area (Å²) in [7, 11) is 0. The van der Waals surface area contributed by atoms with Crippen LogP contribution in [0.3, 0.4) is 0 Å². The fraction of sp³-hybridized carbons (Fsp3) is 0.733. The smallest absolute Gasteiger partial charge is 0.231 e. The Morgan fingerprint density at radius 3 is 2.47 bits per heavy atom. The number of carbonyl (C=O) groups is 1. The molecule has 1 aromatic heterocycles. The zero-order valence-corrected chi connectivity index (χ0v) is 12.5. The Balaban J connectivity index is 2.14. The Kier molecular flexibility index (Phi) is 3.97. The maximum atomic E-state index is 12.7. The molecule has 1 aliphatic carbocycles. The molecule has 0 saturated heterocycles. The monoisotopic (exact) mass is 263 g/mol. The Bertz CT molecular complexity index is 456. The lowest BCUT2D eigenvalue weighted by Gasteiger charge is -2.29. The van der Waals surface area contributed by atoms with Gasteiger partial charge in [0.1, 0.15) is 0 Å². The van der Waals surface area contributed by atoms with Crippen LogP contribution in [0.15, 0.2) is 0 Å². The Labute approximate surface area is 115 Å². The number of hydrogen-bond donors (Lipinski definition) is 2. The van der Waals surface area contributed by atoms with E-state index in [0.717, 1.165) is 30.5 Å². The van der Waals surface area contributed by atoms with Crippen molar-refractivity contribution in [2.45, 2.75) is 59.8 Å². The number of amides is 1. The van der Waals surface area contributed by atoms with Crippen molar-refractivity contribution in [1.82, 2.24) is 10.2 Å². The van der Waals surface area contributed by atoms with Gasteiger partial charge >= 0.3 is 0 Å². The third kappa shape index (κ3) is 2.82. The average Bonchev–Trinajstić information content (AvgIpc) is 2.91. The first-order valence-electron chi connectivity index (χ1n) is 7.27. The fourth-order valence-electron chi connectivity index (χ4n) is 3.20. The van der Waals surface area contributed by atoms with Crippen LogP contribution < -0.4 is 5.32 Å². The molecule has 0 spiro atoms. The molecule has 1 aromatic rings. The molecule has 1 heterocycles. The Hall–Kier alpha value is -1.32. The van der Waals surface area contributed by atoms with E-state index in [1.807, 2.05) is 13.8 Å². The van der Waals surface area contributed by atoms with Crippen LogP contribution in [0.2, 0.25) is 0 Å². The molecule has 1 aliphatic rings. The van der Waals surface area contributed by atoms with Crippen molar-refractivity contribution in [3.8, 4) is 0 Å². The highest BCUT2D eigenvalue weighted by molar-refractivity contribution is 5.95. The number of aromatic amines is 1. The summed E-state index contributed by atoms with van der Waals surface area (Å²) < 4.78 is 0. The molecule has 0 unspecified atom stereocenters. The van der Waals surface area contributed by atoms with E-state index in [9.17, 15) is 4.79 Å². The van der Waals surface area contributed by atoms with Gasteiger partial charge in [0.2, 0.25) is 5.91 Å². The predicted octanol–water partition coefficient (Wildman–Crippen LogP) is 3.57. The van der Waals surface area contributed by atoms with Crippen molar-refractivity contribution in [3.05, 3.63) is 11.3 Å². The summed E-state index contributed by atoms with van der Waals surface area (Å²) in [6, 6.07) is 0. The second-order valence-corrected chi connectivity index (χ2v) is 6.36. The van der Waals surface area contributed by atoms with Gasteiger partial charge in [-0.3, -0.25) is 9.89 Å². The minimum Gasteiger partial charge on any atom is -0.309 e. The lowest BCUT2D eigenvalue weighted by molar-refractivity contribution is -0.126.